The fraction of sp³-hybridized carbons (Fsp3) is 0.355. The van der Waals surface area contributed by atoms with E-state index in [1.807, 2.05) is 6.92 Å². The zero-order valence-electron chi connectivity index (χ0n) is 24.3. The molecule has 2 heterocycles. The Labute approximate surface area is 248 Å². The zero-order chi connectivity index (χ0) is 30.4. The average molecular weight is 595 g/mol. The van der Waals surface area contributed by atoms with Crippen LogP contribution in [0.4, 0.5) is 5.13 Å². The molecule has 222 valence electrons. The summed E-state index contributed by atoms with van der Waals surface area (Å²) >= 11 is 0.942. The van der Waals surface area contributed by atoms with Crippen molar-refractivity contribution in [1.29, 1.82) is 0 Å². The summed E-state index contributed by atoms with van der Waals surface area (Å²) in [6.07, 6.45) is 1.90. The molecule has 1 aliphatic rings. The molecule has 1 atom stereocenters. The van der Waals surface area contributed by atoms with Gasteiger partial charge in [0.1, 0.15) is 16.4 Å². The van der Waals surface area contributed by atoms with Crippen molar-refractivity contribution >= 4 is 39.9 Å². The van der Waals surface area contributed by atoms with E-state index in [0.29, 0.717) is 47.3 Å². The van der Waals surface area contributed by atoms with Crippen molar-refractivity contribution in [1.82, 2.24) is 4.98 Å². The summed E-state index contributed by atoms with van der Waals surface area (Å²) in [4.78, 5) is 45.6. The van der Waals surface area contributed by atoms with Gasteiger partial charge in [0.15, 0.2) is 16.6 Å². The Morgan fingerprint density at radius 1 is 1.02 bits per heavy atom. The second-order valence-corrected chi connectivity index (χ2v) is 10.3. The number of nitrogens with zero attached hydrogens (tertiary/aromatic N) is 2. The van der Waals surface area contributed by atoms with Crippen molar-refractivity contribution in [3.05, 3.63) is 69.7 Å². The first-order valence-electron chi connectivity index (χ1n) is 13.7. The fourth-order valence-corrected chi connectivity index (χ4v) is 5.53. The number of aromatic nitrogens is 1. The number of benzene rings is 2. The van der Waals surface area contributed by atoms with Gasteiger partial charge in [-0.3, -0.25) is 14.5 Å². The van der Waals surface area contributed by atoms with Crippen LogP contribution in [0.3, 0.4) is 0 Å². The monoisotopic (exact) mass is 594 g/mol. The SMILES string of the molecule is CCCCOc1ccc(C(O)=C2C(=O)C(=O)N(c3nc(C)c(C(=O)OCC)s3)[C@H]2c2ccc(OCC)c(OC)c2)cc1. The van der Waals surface area contributed by atoms with Crippen molar-refractivity contribution in [3.8, 4) is 17.2 Å². The molecule has 42 heavy (non-hydrogen) atoms. The predicted octanol–water partition coefficient (Wildman–Crippen LogP) is 5.84. The van der Waals surface area contributed by atoms with E-state index in [1.54, 1.807) is 56.3 Å². The largest absolute Gasteiger partial charge is 0.507 e. The van der Waals surface area contributed by atoms with Crippen LogP contribution >= 0.6 is 11.3 Å². The second kappa shape index (κ2) is 13.5. The molecule has 1 aliphatic heterocycles. The van der Waals surface area contributed by atoms with Gasteiger partial charge in [0.2, 0.25) is 0 Å². The molecular formula is C31H34N2O8S. The summed E-state index contributed by atoms with van der Waals surface area (Å²) in [5.74, 6) is -1.22. The Balaban J connectivity index is 1.86. The number of Topliss-reactive ketones (excluding diaryl/α,β-unsaturated/α-hetero) is 1. The van der Waals surface area contributed by atoms with Crippen LogP contribution < -0.4 is 19.1 Å². The number of thiazole rings is 1. The molecule has 4 rings (SSSR count). The third kappa shape index (κ3) is 6.11. The van der Waals surface area contributed by atoms with Gasteiger partial charge < -0.3 is 24.1 Å². The molecule has 0 unspecified atom stereocenters. The maximum atomic E-state index is 13.6. The highest BCUT2D eigenvalue weighted by atomic mass is 32.1. The van der Waals surface area contributed by atoms with Gasteiger partial charge in [0, 0.05) is 5.56 Å². The van der Waals surface area contributed by atoms with Crippen molar-refractivity contribution in [3.63, 3.8) is 0 Å². The summed E-state index contributed by atoms with van der Waals surface area (Å²) < 4.78 is 22.0. The molecule has 3 aromatic rings. The Morgan fingerprint density at radius 3 is 2.40 bits per heavy atom. The summed E-state index contributed by atoms with van der Waals surface area (Å²) in [7, 11) is 1.48. The number of rotatable bonds is 12. The molecule has 1 amide bonds. The number of anilines is 1. The fourth-order valence-electron chi connectivity index (χ4n) is 4.54. The number of aliphatic hydroxyl groups excluding tert-OH is 1. The molecule has 1 N–H and O–H groups in total. The summed E-state index contributed by atoms with van der Waals surface area (Å²) in [5.41, 5.74) is 1.04. The highest BCUT2D eigenvalue weighted by molar-refractivity contribution is 7.17. The van der Waals surface area contributed by atoms with Gasteiger partial charge in [-0.15, -0.1) is 0 Å². The highest BCUT2D eigenvalue weighted by Gasteiger charge is 2.48. The Hall–Kier alpha value is -4.38. The number of carbonyl (C=O) groups excluding carboxylic acids is 3. The highest BCUT2D eigenvalue weighted by Crippen LogP contribution is 2.45. The number of aliphatic hydroxyl groups is 1. The molecule has 1 fully saturated rings. The number of carbonyl (C=O) groups is 3. The number of methoxy groups -OCH3 is 1. The van der Waals surface area contributed by atoms with Crippen LogP contribution in [-0.2, 0) is 14.3 Å². The van der Waals surface area contributed by atoms with Crippen molar-refractivity contribution < 1.29 is 38.4 Å². The van der Waals surface area contributed by atoms with Crippen LogP contribution in [-0.4, -0.2) is 54.7 Å². The van der Waals surface area contributed by atoms with Gasteiger partial charge in [-0.25, -0.2) is 9.78 Å². The van der Waals surface area contributed by atoms with E-state index in [1.165, 1.54) is 12.0 Å². The molecule has 0 saturated carbocycles. The quantitative estimate of drug-likeness (QED) is 0.0905. The number of amides is 1. The molecule has 0 radical (unpaired) electrons. The maximum absolute atomic E-state index is 13.6. The van der Waals surface area contributed by atoms with E-state index >= 15 is 0 Å². The van der Waals surface area contributed by atoms with Crippen LogP contribution in [0.15, 0.2) is 48.0 Å². The number of esters is 1. The van der Waals surface area contributed by atoms with Crippen LogP contribution in [0.25, 0.3) is 5.76 Å². The number of unbranched alkanes of at least 4 members (excludes halogenated alkanes) is 1. The van der Waals surface area contributed by atoms with E-state index < -0.39 is 23.7 Å². The number of hydrogen-bond acceptors (Lipinski definition) is 10. The van der Waals surface area contributed by atoms with E-state index in [-0.39, 0.29) is 27.9 Å². The summed E-state index contributed by atoms with van der Waals surface area (Å²) in [5, 5.41) is 11.6. The normalized spacial score (nSPS) is 16.0. The third-order valence-electron chi connectivity index (χ3n) is 6.59. The van der Waals surface area contributed by atoms with E-state index in [2.05, 4.69) is 11.9 Å². The number of ether oxygens (including phenoxy) is 4. The lowest BCUT2D eigenvalue weighted by Gasteiger charge is -2.24. The van der Waals surface area contributed by atoms with E-state index in [9.17, 15) is 19.5 Å². The predicted molar refractivity (Wildman–Crippen MR) is 159 cm³/mol. The molecule has 1 saturated heterocycles. The van der Waals surface area contributed by atoms with Crippen molar-refractivity contribution in [2.24, 2.45) is 0 Å². The zero-order valence-corrected chi connectivity index (χ0v) is 25.1. The molecule has 2 aromatic carbocycles. The van der Waals surface area contributed by atoms with Crippen LogP contribution in [0, 0.1) is 6.92 Å². The number of ketones is 1. The second-order valence-electron chi connectivity index (χ2n) is 9.37. The van der Waals surface area contributed by atoms with Crippen molar-refractivity contribution in [2.45, 2.75) is 46.6 Å². The number of aryl methyl sites for hydroxylation is 1. The van der Waals surface area contributed by atoms with Crippen molar-refractivity contribution in [2.75, 3.05) is 31.8 Å². The molecule has 0 bridgehead atoms. The van der Waals surface area contributed by atoms with Gasteiger partial charge in [-0.1, -0.05) is 30.7 Å². The van der Waals surface area contributed by atoms with Crippen LogP contribution in [0.2, 0.25) is 0 Å². The van der Waals surface area contributed by atoms with Crippen LogP contribution in [0.5, 0.6) is 17.2 Å². The summed E-state index contributed by atoms with van der Waals surface area (Å²) in [6, 6.07) is 10.6. The lowest BCUT2D eigenvalue weighted by atomic mass is 9.95. The Bertz CT molecular complexity index is 1500. The standard InChI is InChI=1S/C31H34N2O8S/c1-6-9-16-41-21-13-10-19(11-14-21)26(34)24-25(20-12-15-22(39-7-2)23(17-20)38-5)33(29(36)27(24)35)31-32-18(4)28(42-31)30(37)40-8-3/h10-15,17,25,34H,6-9,16H2,1-5H3/t25-/m0/s1. The Kier molecular flexibility index (Phi) is 9.84. The molecule has 0 aliphatic carbocycles. The summed E-state index contributed by atoms with van der Waals surface area (Å²) in [6.45, 7) is 8.37. The Morgan fingerprint density at radius 2 is 1.76 bits per heavy atom. The smallest absolute Gasteiger partial charge is 0.350 e. The minimum atomic E-state index is -1.07. The van der Waals surface area contributed by atoms with Gasteiger partial charge in [-0.05, 0) is 69.2 Å². The molecular weight excluding hydrogens is 560 g/mol. The van der Waals surface area contributed by atoms with Gasteiger partial charge in [0.25, 0.3) is 5.78 Å². The average Bonchev–Trinajstić information content (AvgIpc) is 3.50. The van der Waals surface area contributed by atoms with Gasteiger partial charge in [-0.2, -0.15) is 0 Å². The van der Waals surface area contributed by atoms with Gasteiger partial charge in [0.05, 0.1) is 44.2 Å². The molecule has 11 heteroatoms. The van der Waals surface area contributed by atoms with Gasteiger partial charge >= 0.3 is 11.9 Å². The first kappa shape index (κ1) is 30.6. The van der Waals surface area contributed by atoms with Crippen LogP contribution in [0.1, 0.15) is 66.1 Å². The lowest BCUT2D eigenvalue weighted by Crippen LogP contribution is -2.29. The van der Waals surface area contributed by atoms with E-state index in [4.69, 9.17) is 18.9 Å². The molecule has 10 nitrogen and oxygen atoms in total. The molecule has 0 spiro atoms. The first-order valence-corrected chi connectivity index (χ1v) is 14.6. The topological polar surface area (TPSA) is 124 Å². The lowest BCUT2D eigenvalue weighted by molar-refractivity contribution is -0.132. The maximum Gasteiger partial charge on any atom is 0.350 e. The molecule has 1 aromatic heterocycles. The third-order valence-corrected chi connectivity index (χ3v) is 7.73. The van der Waals surface area contributed by atoms with E-state index in [0.717, 1.165) is 24.2 Å². The number of hydrogen-bond donors (Lipinski definition) is 1. The minimum absolute atomic E-state index is 0.120. The minimum Gasteiger partial charge on any atom is -0.507 e. The first-order chi connectivity index (χ1) is 20.2.